The first-order valence-electron chi connectivity index (χ1n) is 11.0. The van der Waals surface area contributed by atoms with Crippen molar-refractivity contribution in [3.8, 4) is 0 Å². The maximum atomic E-state index is 2.37. The Morgan fingerprint density at radius 3 is 1.52 bits per heavy atom. The highest BCUT2D eigenvalue weighted by atomic mass is 15.1. The Labute approximate surface area is 158 Å². The third-order valence-electron chi connectivity index (χ3n) is 5.39. The number of unbranched alkanes of at least 4 members (excludes halogenated alkanes) is 12. The second-order valence-corrected chi connectivity index (χ2v) is 7.92. The lowest BCUT2D eigenvalue weighted by Gasteiger charge is -2.24. The van der Waals surface area contributed by atoms with Crippen LogP contribution in [0.15, 0.2) is 30.3 Å². The van der Waals surface area contributed by atoms with Gasteiger partial charge in [0.2, 0.25) is 0 Å². The summed E-state index contributed by atoms with van der Waals surface area (Å²) in [6.45, 7) is 2.29. The molecule has 144 valence electrons. The molecular weight excluding hydrogens is 302 g/mol. The molecule has 1 unspecified atom stereocenters. The molecule has 0 aromatic heterocycles. The zero-order chi connectivity index (χ0) is 18.2. The topological polar surface area (TPSA) is 3.24 Å². The van der Waals surface area contributed by atoms with Gasteiger partial charge in [0.15, 0.2) is 0 Å². The van der Waals surface area contributed by atoms with Gasteiger partial charge in [0.25, 0.3) is 0 Å². The van der Waals surface area contributed by atoms with Crippen molar-refractivity contribution >= 4 is 0 Å². The zero-order valence-corrected chi connectivity index (χ0v) is 17.3. The zero-order valence-electron chi connectivity index (χ0n) is 17.3. The lowest BCUT2D eigenvalue weighted by atomic mass is 9.98. The Morgan fingerprint density at radius 1 is 0.640 bits per heavy atom. The molecular formula is C24H43N. The van der Waals surface area contributed by atoms with Gasteiger partial charge in [0, 0.05) is 6.04 Å². The molecule has 0 radical (unpaired) electrons. The molecule has 0 aliphatic carbocycles. The van der Waals surface area contributed by atoms with Gasteiger partial charge in [-0.25, -0.2) is 0 Å². The van der Waals surface area contributed by atoms with E-state index >= 15 is 0 Å². The molecule has 1 nitrogen and oxygen atoms in total. The van der Waals surface area contributed by atoms with Crippen LogP contribution in [0.3, 0.4) is 0 Å². The Hall–Kier alpha value is -0.820. The van der Waals surface area contributed by atoms with Gasteiger partial charge in [-0.05, 0) is 26.1 Å². The fourth-order valence-corrected chi connectivity index (χ4v) is 3.75. The van der Waals surface area contributed by atoms with Crippen molar-refractivity contribution in [2.45, 2.75) is 103 Å². The Balaban J connectivity index is 1.95. The molecule has 0 saturated carbocycles. The molecule has 1 aromatic rings. The summed E-state index contributed by atoms with van der Waals surface area (Å²) >= 11 is 0. The maximum Gasteiger partial charge on any atom is 0.0342 e. The van der Waals surface area contributed by atoms with Gasteiger partial charge >= 0.3 is 0 Å². The predicted octanol–water partition coefficient (Wildman–Crippen LogP) is 7.77. The largest absolute Gasteiger partial charge is 0.302 e. The summed E-state index contributed by atoms with van der Waals surface area (Å²) in [5.41, 5.74) is 1.46. The lowest BCUT2D eigenvalue weighted by Crippen LogP contribution is -2.19. The van der Waals surface area contributed by atoms with E-state index in [0.29, 0.717) is 6.04 Å². The van der Waals surface area contributed by atoms with Gasteiger partial charge in [-0.15, -0.1) is 0 Å². The molecule has 0 N–H and O–H groups in total. The Kier molecular flexibility index (Phi) is 13.7. The van der Waals surface area contributed by atoms with E-state index in [4.69, 9.17) is 0 Å². The normalized spacial score (nSPS) is 12.6. The third kappa shape index (κ3) is 11.4. The van der Waals surface area contributed by atoms with Gasteiger partial charge in [-0.1, -0.05) is 121 Å². The van der Waals surface area contributed by atoms with Gasteiger partial charge in [0.05, 0.1) is 0 Å². The lowest BCUT2D eigenvalue weighted by molar-refractivity contribution is 0.276. The van der Waals surface area contributed by atoms with E-state index in [-0.39, 0.29) is 0 Å². The van der Waals surface area contributed by atoms with E-state index in [9.17, 15) is 0 Å². The fourth-order valence-electron chi connectivity index (χ4n) is 3.75. The molecule has 25 heavy (non-hydrogen) atoms. The van der Waals surface area contributed by atoms with Crippen LogP contribution in [-0.2, 0) is 0 Å². The monoisotopic (exact) mass is 345 g/mol. The van der Waals surface area contributed by atoms with Crippen LogP contribution in [0.4, 0.5) is 0 Å². The Morgan fingerprint density at radius 2 is 1.08 bits per heavy atom. The quantitative estimate of drug-likeness (QED) is 0.276. The summed E-state index contributed by atoms with van der Waals surface area (Å²) in [5.74, 6) is 0. The molecule has 0 aliphatic heterocycles. The standard InChI is InChI=1S/C24H43N/c1-4-5-6-7-8-9-10-11-12-13-14-15-19-22-24(25(2)3)23-20-17-16-18-21-23/h16-18,20-21,24H,4-15,19,22H2,1-3H3. The van der Waals surface area contributed by atoms with Crippen LogP contribution in [0.5, 0.6) is 0 Å². The molecule has 0 amide bonds. The second kappa shape index (κ2) is 15.4. The van der Waals surface area contributed by atoms with Crippen LogP contribution in [0, 0.1) is 0 Å². The van der Waals surface area contributed by atoms with Crippen molar-refractivity contribution in [3.05, 3.63) is 35.9 Å². The van der Waals surface area contributed by atoms with E-state index in [2.05, 4.69) is 56.3 Å². The SMILES string of the molecule is CCCCCCCCCCCCCCCC(c1ccccc1)N(C)C. The number of hydrogen-bond acceptors (Lipinski definition) is 1. The van der Waals surface area contributed by atoms with E-state index in [0.717, 1.165) is 0 Å². The highest BCUT2D eigenvalue weighted by Crippen LogP contribution is 2.24. The maximum absolute atomic E-state index is 2.37. The van der Waals surface area contributed by atoms with Gasteiger partial charge < -0.3 is 4.90 Å². The number of nitrogens with zero attached hydrogens (tertiary/aromatic N) is 1. The van der Waals surface area contributed by atoms with E-state index < -0.39 is 0 Å². The van der Waals surface area contributed by atoms with Crippen molar-refractivity contribution < 1.29 is 0 Å². The van der Waals surface area contributed by atoms with Crippen LogP contribution in [0.25, 0.3) is 0 Å². The van der Waals surface area contributed by atoms with Crippen LogP contribution < -0.4 is 0 Å². The molecule has 1 aromatic carbocycles. The molecule has 0 spiro atoms. The smallest absolute Gasteiger partial charge is 0.0342 e. The van der Waals surface area contributed by atoms with Crippen LogP contribution in [-0.4, -0.2) is 19.0 Å². The van der Waals surface area contributed by atoms with E-state index in [1.54, 1.807) is 0 Å². The van der Waals surface area contributed by atoms with E-state index in [1.165, 1.54) is 95.5 Å². The Bertz CT molecular complexity index is 384. The third-order valence-corrected chi connectivity index (χ3v) is 5.39. The van der Waals surface area contributed by atoms with Crippen LogP contribution in [0.1, 0.15) is 108 Å². The highest BCUT2D eigenvalue weighted by Gasteiger charge is 2.12. The minimum Gasteiger partial charge on any atom is -0.302 e. The summed E-state index contributed by atoms with van der Waals surface area (Å²) in [5, 5.41) is 0. The number of rotatable bonds is 16. The van der Waals surface area contributed by atoms with Crippen LogP contribution >= 0.6 is 0 Å². The van der Waals surface area contributed by atoms with Gasteiger partial charge in [0.1, 0.15) is 0 Å². The van der Waals surface area contributed by atoms with Crippen molar-refractivity contribution in [1.82, 2.24) is 4.90 Å². The molecule has 0 aliphatic rings. The minimum atomic E-state index is 0.578. The first-order chi connectivity index (χ1) is 12.3. The molecule has 0 fully saturated rings. The second-order valence-electron chi connectivity index (χ2n) is 7.92. The van der Waals surface area contributed by atoms with Gasteiger partial charge in [-0.2, -0.15) is 0 Å². The average molecular weight is 346 g/mol. The minimum absolute atomic E-state index is 0.578. The van der Waals surface area contributed by atoms with Gasteiger partial charge in [-0.3, -0.25) is 0 Å². The van der Waals surface area contributed by atoms with Crippen molar-refractivity contribution in [1.29, 1.82) is 0 Å². The first-order valence-corrected chi connectivity index (χ1v) is 11.0. The number of benzene rings is 1. The molecule has 0 heterocycles. The summed E-state index contributed by atoms with van der Waals surface area (Å²) in [6, 6.07) is 11.6. The average Bonchev–Trinajstić information content (AvgIpc) is 2.62. The summed E-state index contributed by atoms with van der Waals surface area (Å²) in [4.78, 5) is 2.37. The fraction of sp³-hybridized carbons (Fsp3) is 0.750. The number of hydrogen-bond donors (Lipinski definition) is 0. The van der Waals surface area contributed by atoms with Crippen molar-refractivity contribution in [2.24, 2.45) is 0 Å². The summed E-state index contributed by atoms with van der Waals surface area (Å²) in [6.07, 6.45) is 19.9. The first kappa shape index (κ1) is 22.2. The molecule has 0 bridgehead atoms. The van der Waals surface area contributed by atoms with Crippen molar-refractivity contribution in [2.75, 3.05) is 14.1 Å². The summed E-state index contributed by atoms with van der Waals surface area (Å²) < 4.78 is 0. The van der Waals surface area contributed by atoms with Crippen LogP contribution in [0.2, 0.25) is 0 Å². The highest BCUT2D eigenvalue weighted by molar-refractivity contribution is 5.18. The molecule has 1 atom stereocenters. The predicted molar refractivity (Wildman–Crippen MR) is 113 cm³/mol. The molecule has 1 rings (SSSR count). The summed E-state index contributed by atoms with van der Waals surface area (Å²) in [7, 11) is 4.42. The molecule has 0 saturated heterocycles. The van der Waals surface area contributed by atoms with Crippen molar-refractivity contribution in [3.63, 3.8) is 0 Å². The van der Waals surface area contributed by atoms with E-state index in [1.807, 2.05) is 0 Å². The molecule has 1 heteroatoms.